The van der Waals surface area contributed by atoms with E-state index in [0.29, 0.717) is 0 Å². The van der Waals surface area contributed by atoms with Crippen LogP contribution in [0.5, 0.6) is 0 Å². The zero-order valence-electron chi connectivity index (χ0n) is 13.3. The number of aliphatic hydroxyl groups excluding tert-OH is 1. The van der Waals surface area contributed by atoms with Gasteiger partial charge in [-0.1, -0.05) is 18.7 Å². The zero-order valence-corrected chi connectivity index (χ0v) is 14.1. The number of thioether (sulfide) groups is 1. The van der Waals surface area contributed by atoms with Crippen LogP contribution < -0.4 is 5.32 Å². The molecule has 0 radical (unpaired) electrons. The Labute approximate surface area is 126 Å². The number of nitrogens with one attached hydrogen (secondary N) is 1. The number of aryl methyl sites for hydroxylation is 2. The number of aromatic nitrogens is 2. The standard InChI is InChI=1S/C15H27N3OS/c1-6-16-15(5,10-19)8-7-9-20-14-17-12(3)11(2)13(4)18-14/h16,19H,6-10H2,1-5H3. The van der Waals surface area contributed by atoms with Crippen LogP contribution in [0.3, 0.4) is 0 Å². The first kappa shape index (κ1) is 17.4. The van der Waals surface area contributed by atoms with Crippen molar-refractivity contribution in [2.24, 2.45) is 0 Å². The Kier molecular flexibility index (Phi) is 6.92. The molecule has 0 aliphatic rings. The highest BCUT2D eigenvalue weighted by atomic mass is 32.2. The van der Waals surface area contributed by atoms with Crippen molar-refractivity contribution < 1.29 is 5.11 Å². The third-order valence-corrected chi connectivity index (χ3v) is 4.60. The molecule has 2 N–H and O–H groups in total. The highest BCUT2D eigenvalue weighted by Crippen LogP contribution is 2.20. The summed E-state index contributed by atoms with van der Waals surface area (Å²) >= 11 is 1.70. The predicted molar refractivity (Wildman–Crippen MR) is 85.4 cm³/mol. The lowest BCUT2D eigenvalue weighted by atomic mass is 9.97. The molecule has 1 aromatic heterocycles. The van der Waals surface area contributed by atoms with E-state index in [0.717, 1.165) is 41.7 Å². The van der Waals surface area contributed by atoms with Gasteiger partial charge in [0.25, 0.3) is 0 Å². The fourth-order valence-corrected chi connectivity index (χ4v) is 2.96. The smallest absolute Gasteiger partial charge is 0.187 e. The molecule has 0 aromatic carbocycles. The molecule has 0 bridgehead atoms. The van der Waals surface area contributed by atoms with Crippen molar-refractivity contribution in [2.45, 2.75) is 58.2 Å². The van der Waals surface area contributed by atoms with Gasteiger partial charge in [-0.25, -0.2) is 9.97 Å². The molecule has 0 saturated heterocycles. The average Bonchev–Trinajstić information content (AvgIpc) is 2.41. The minimum atomic E-state index is -0.171. The molecule has 1 heterocycles. The van der Waals surface area contributed by atoms with Gasteiger partial charge in [-0.15, -0.1) is 0 Å². The highest BCUT2D eigenvalue weighted by Gasteiger charge is 2.20. The van der Waals surface area contributed by atoms with Gasteiger partial charge in [0.2, 0.25) is 0 Å². The molecule has 0 amide bonds. The molecule has 4 nitrogen and oxygen atoms in total. The summed E-state index contributed by atoms with van der Waals surface area (Å²) in [6, 6.07) is 0. The van der Waals surface area contributed by atoms with E-state index in [4.69, 9.17) is 0 Å². The van der Waals surface area contributed by atoms with Gasteiger partial charge < -0.3 is 10.4 Å². The third-order valence-electron chi connectivity index (χ3n) is 3.67. The van der Waals surface area contributed by atoms with Crippen molar-refractivity contribution in [3.05, 3.63) is 17.0 Å². The molecule has 0 spiro atoms. The van der Waals surface area contributed by atoms with Crippen LogP contribution in [-0.2, 0) is 0 Å². The van der Waals surface area contributed by atoms with Crippen molar-refractivity contribution in [1.29, 1.82) is 0 Å². The normalized spacial score (nSPS) is 14.3. The average molecular weight is 297 g/mol. The summed E-state index contributed by atoms with van der Waals surface area (Å²) < 4.78 is 0. The Bertz CT molecular complexity index is 416. The molecule has 20 heavy (non-hydrogen) atoms. The van der Waals surface area contributed by atoms with Gasteiger partial charge in [-0.2, -0.15) is 0 Å². The van der Waals surface area contributed by atoms with Crippen LogP contribution in [0.25, 0.3) is 0 Å². The van der Waals surface area contributed by atoms with E-state index in [1.165, 1.54) is 5.56 Å². The Morgan fingerprint density at radius 2 is 1.80 bits per heavy atom. The van der Waals surface area contributed by atoms with E-state index in [1.54, 1.807) is 11.8 Å². The molecule has 114 valence electrons. The second kappa shape index (κ2) is 7.96. The van der Waals surface area contributed by atoms with Crippen LogP contribution in [-0.4, -0.2) is 39.5 Å². The van der Waals surface area contributed by atoms with E-state index < -0.39 is 0 Å². The van der Waals surface area contributed by atoms with Crippen molar-refractivity contribution >= 4 is 11.8 Å². The molecule has 0 fully saturated rings. The van der Waals surface area contributed by atoms with Crippen LogP contribution in [0.15, 0.2) is 5.16 Å². The van der Waals surface area contributed by atoms with Gasteiger partial charge in [0, 0.05) is 22.7 Å². The Morgan fingerprint density at radius 1 is 1.20 bits per heavy atom. The molecule has 1 atom stereocenters. The number of rotatable bonds is 8. The van der Waals surface area contributed by atoms with Gasteiger partial charge in [-0.05, 0) is 52.6 Å². The van der Waals surface area contributed by atoms with Crippen LogP contribution in [0.4, 0.5) is 0 Å². The fourth-order valence-electron chi connectivity index (χ4n) is 2.08. The lowest BCUT2D eigenvalue weighted by Crippen LogP contribution is -2.45. The van der Waals surface area contributed by atoms with E-state index in [9.17, 15) is 5.11 Å². The predicted octanol–water partition coefficient (Wildman–Crippen LogP) is 2.63. The zero-order chi connectivity index (χ0) is 15.2. The van der Waals surface area contributed by atoms with Crippen LogP contribution in [0, 0.1) is 20.8 Å². The molecule has 1 unspecified atom stereocenters. The first-order chi connectivity index (χ1) is 9.41. The van der Waals surface area contributed by atoms with Gasteiger partial charge >= 0.3 is 0 Å². The fraction of sp³-hybridized carbons (Fsp3) is 0.733. The summed E-state index contributed by atoms with van der Waals surface area (Å²) in [5.41, 5.74) is 3.13. The summed E-state index contributed by atoms with van der Waals surface area (Å²) in [6.45, 7) is 11.3. The molecule has 0 saturated carbocycles. The molecule has 0 aliphatic carbocycles. The summed E-state index contributed by atoms with van der Waals surface area (Å²) in [7, 11) is 0. The second-order valence-corrected chi connectivity index (χ2v) is 6.57. The van der Waals surface area contributed by atoms with Crippen molar-refractivity contribution in [2.75, 3.05) is 18.9 Å². The van der Waals surface area contributed by atoms with E-state index in [-0.39, 0.29) is 12.1 Å². The van der Waals surface area contributed by atoms with Gasteiger partial charge in [0.1, 0.15) is 0 Å². The van der Waals surface area contributed by atoms with Gasteiger partial charge in [0.05, 0.1) is 6.61 Å². The Balaban J connectivity index is 2.45. The summed E-state index contributed by atoms with van der Waals surface area (Å²) in [4.78, 5) is 9.02. The SMILES string of the molecule is CCNC(C)(CO)CCCSc1nc(C)c(C)c(C)n1. The molecule has 1 rings (SSSR count). The van der Waals surface area contributed by atoms with Gasteiger partial charge in [0.15, 0.2) is 5.16 Å². The topological polar surface area (TPSA) is 58.0 Å². The largest absolute Gasteiger partial charge is 0.394 e. The molecule has 0 aliphatic heterocycles. The second-order valence-electron chi connectivity index (χ2n) is 5.50. The highest BCUT2D eigenvalue weighted by molar-refractivity contribution is 7.99. The Morgan fingerprint density at radius 3 is 2.30 bits per heavy atom. The van der Waals surface area contributed by atoms with Gasteiger partial charge in [-0.3, -0.25) is 0 Å². The van der Waals surface area contributed by atoms with Crippen molar-refractivity contribution in [3.8, 4) is 0 Å². The van der Waals surface area contributed by atoms with E-state index in [2.05, 4.69) is 36.1 Å². The quantitative estimate of drug-likeness (QED) is 0.439. The van der Waals surface area contributed by atoms with Crippen LogP contribution in [0.2, 0.25) is 0 Å². The van der Waals surface area contributed by atoms with Crippen molar-refractivity contribution in [1.82, 2.24) is 15.3 Å². The number of likely N-dealkylation sites (N-methyl/N-ethyl adjacent to an activating group) is 1. The molecular weight excluding hydrogens is 270 g/mol. The third kappa shape index (κ3) is 5.04. The first-order valence-electron chi connectivity index (χ1n) is 7.22. The summed E-state index contributed by atoms with van der Waals surface area (Å²) in [5, 5.41) is 13.6. The first-order valence-corrected chi connectivity index (χ1v) is 8.21. The van der Waals surface area contributed by atoms with Crippen LogP contribution in [0.1, 0.15) is 43.6 Å². The molecule has 5 heteroatoms. The monoisotopic (exact) mass is 297 g/mol. The van der Waals surface area contributed by atoms with Crippen LogP contribution >= 0.6 is 11.8 Å². The summed E-state index contributed by atoms with van der Waals surface area (Å²) in [6.07, 6.45) is 1.98. The molecular formula is C15H27N3OS. The van der Waals surface area contributed by atoms with E-state index >= 15 is 0 Å². The molecule has 1 aromatic rings. The maximum atomic E-state index is 9.44. The number of hydrogen-bond donors (Lipinski definition) is 2. The summed E-state index contributed by atoms with van der Waals surface area (Å²) in [5.74, 6) is 0.975. The lowest BCUT2D eigenvalue weighted by Gasteiger charge is -2.28. The van der Waals surface area contributed by atoms with Crippen molar-refractivity contribution in [3.63, 3.8) is 0 Å². The maximum absolute atomic E-state index is 9.44. The van der Waals surface area contributed by atoms with E-state index in [1.807, 2.05) is 13.8 Å². The number of aliphatic hydroxyl groups is 1. The number of hydrogen-bond acceptors (Lipinski definition) is 5. The minimum absolute atomic E-state index is 0.171. The lowest BCUT2D eigenvalue weighted by molar-refractivity contribution is 0.167. The Hall–Kier alpha value is -0.650. The number of nitrogens with zero attached hydrogens (tertiary/aromatic N) is 2. The minimum Gasteiger partial charge on any atom is -0.394 e. The maximum Gasteiger partial charge on any atom is 0.187 e.